The van der Waals surface area contributed by atoms with Crippen molar-refractivity contribution in [2.24, 2.45) is 0 Å². The Bertz CT molecular complexity index is 656. The van der Waals surface area contributed by atoms with Gasteiger partial charge in [0.25, 0.3) is 0 Å². The number of alkyl carbamates (subject to hydrolysis) is 1. The summed E-state index contributed by atoms with van der Waals surface area (Å²) in [6.45, 7) is 2.13. The Morgan fingerprint density at radius 1 is 1.25 bits per heavy atom. The van der Waals surface area contributed by atoms with Gasteiger partial charge in [0.1, 0.15) is 11.8 Å². The summed E-state index contributed by atoms with van der Waals surface area (Å²) in [5.74, 6) is -1.36. The monoisotopic (exact) mass is 361 g/mol. The largest absolute Gasteiger partial charge is 0.480 e. The van der Waals surface area contributed by atoms with Gasteiger partial charge >= 0.3 is 22.5 Å². The fraction of sp³-hybridized carbons (Fsp3) is 0.429. The van der Waals surface area contributed by atoms with Gasteiger partial charge in [0.05, 0.1) is 6.61 Å². The smallest absolute Gasteiger partial charge is 0.446 e. The van der Waals surface area contributed by atoms with Crippen LogP contribution in [0, 0.1) is 0 Å². The second-order valence-corrected chi connectivity index (χ2v) is 5.91. The van der Waals surface area contributed by atoms with E-state index in [0.29, 0.717) is 12.0 Å². The average molecular weight is 361 g/mol. The third-order valence-electron chi connectivity index (χ3n) is 2.89. The molecule has 0 heterocycles. The van der Waals surface area contributed by atoms with Crippen molar-refractivity contribution in [1.29, 1.82) is 0 Å². The molecule has 24 heavy (non-hydrogen) atoms. The summed E-state index contributed by atoms with van der Waals surface area (Å²) >= 11 is 0. The summed E-state index contributed by atoms with van der Waals surface area (Å²) < 4.78 is 38.8. The van der Waals surface area contributed by atoms with E-state index >= 15 is 0 Å². The van der Waals surface area contributed by atoms with Crippen molar-refractivity contribution in [3.05, 3.63) is 29.8 Å². The van der Waals surface area contributed by atoms with E-state index in [1.165, 1.54) is 24.3 Å². The van der Waals surface area contributed by atoms with Crippen LogP contribution in [-0.4, -0.2) is 42.8 Å². The Hall–Kier alpha value is -2.33. The van der Waals surface area contributed by atoms with Crippen molar-refractivity contribution in [2.45, 2.75) is 32.2 Å². The highest BCUT2D eigenvalue weighted by atomic mass is 32.3. The topological polar surface area (TPSA) is 139 Å². The molecule has 9 nitrogen and oxygen atoms in total. The van der Waals surface area contributed by atoms with E-state index in [1.807, 2.05) is 6.92 Å². The lowest BCUT2D eigenvalue weighted by molar-refractivity contribution is -0.139. The van der Waals surface area contributed by atoms with Crippen LogP contribution in [-0.2, 0) is 26.4 Å². The Labute approximate surface area is 139 Å². The first-order valence-electron chi connectivity index (χ1n) is 7.13. The third-order valence-corrected chi connectivity index (χ3v) is 3.29. The summed E-state index contributed by atoms with van der Waals surface area (Å²) in [6.07, 6.45) is 0.667. The van der Waals surface area contributed by atoms with E-state index in [4.69, 9.17) is 14.4 Å². The number of carbonyl (C=O) groups is 2. The summed E-state index contributed by atoms with van der Waals surface area (Å²) in [7, 11) is -4.62. The number of ether oxygens (including phenoxy) is 1. The summed E-state index contributed by atoms with van der Waals surface area (Å²) in [4.78, 5) is 22.7. The van der Waals surface area contributed by atoms with E-state index in [9.17, 15) is 18.0 Å². The van der Waals surface area contributed by atoms with Crippen molar-refractivity contribution >= 4 is 22.5 Å². The maximum Gasteiger partial charge on any atom is 0.446 e. The highest BCUT2D eigenvalue weighted by Gasteiger charge is 2.21. The Kier molecular flexibility index (Phi) is 7.46. The summed E-state index contributed by atoms with van der Waals surface area (Å²) in [5.41, 5.74) is 0.513. The molecule has 0 aliphatic heterocycles. The van der Waals surface area contributed by atoms with E-state index < -0.39 is 28.5 Å². The first kappa shape index (κ1) is 19.7. The molecule has 0 aliphatic rings. The zero-order valence-electron chi connectivity index (χ0n) is 13.0. The van der Waals surface area contributed by atoms with Crippen LogP contribution in [0.3, 0.4) is 0 Å². The Balaban J connectivity index is 2.65. The molecule has 134 valence electrons. The zero-order valence-corrected chi connectivity index (χ0v) is 13.8. The van der Waals surface area contributed by atoms with E-state index in [1.54, 1.807) is 0 Å². The van der Waals surface area contributed by atoms with Crippen LogP contribution in [0.15, 0.2) is 24.3 Å². The number of amides is 1. The molecule has 0 unspecified atom stereocenters. The first-order chi connectivity index (χ1) is 11.2. The Morgan fingerprint density at radius 2 is 1.88 bits per heavy atom. The number of hydrogen-bond donors (Lipinski definition) is 3. The lowest BCUT2D eigenvalue weighted by Gasteiger charge is -2.15. The van der Waals surface area contributed by atoms with E-state index in [-0.39, 0.29) is 18.8 Å². The number of carboxylic acids is 1. The van der Waals surface area contributed by atoms with Crippen LogP contribution in [0.2, 0.25) is 0 Å². The Morgan fingerprint density at radius 3 is 2.38 bits per heavy atom. The first-order valence-corrected chi connectivity index (χ1v) is 8.49. The summed E-state index contributed by atoms with van der Waals surface area (Å²) in [6, 6.07) is 4.14. The van der Waals surface area contributed by atoms with Gasteiger partial charge in [-0.1, -0.05) is 25.5 Å². The molecular weight excluding hydrogens is 342 g/mol. The maximum absolute atomic E-state index is 11.5. The molecule has 1 rings (SSSR count). The van der Waals surface area contributed by atoms with E-state index in [2.05, 4.69) is 9.50 Å². The van der Waals surface area contributed by atoms with Crippen LogP contribution in [0.4, 0.5) is 4.79 Å². The van der Waals surface area contributed by atoms with Crippen LogP contribution in [0.1, 0.15) is 25.3 Å². The van der Waals surface area contributed by atoms with Gasteiger partial charge in [-0.25, -0.2) is 9.59 Å². The highest BCUT2D eigenvalue weighted by molar-refractivity contribution is 7.81. The molecule has 1 atom stereocenters. The van der Waals surface area contributed by atoms with Crippen LogP contribution in [0.25, 0.3) is 0 Å². The summed E-state index contributed by atoms with van der Waals surface area (Å²) in [5, 5.41) is 11.4. The molecule has 0 aliphatic carbocycles. The second kappa shape index (κ2) is 9.08. The third kappa shape index (κ3) is 7.79. The average Bonchev–Trinajstić information content (AvgIpc) is 2.47. The molecule has 3 N–H and O–H groups in total. The molecule has 10 heteroatoms. The molecule has 0 bridgehead atoms. The van der Waals surface area contributed by atoms with Gasteiger partial charge < -0.3 is 19.3 Å². The SMILES string of the molecule is CCCCOC(=O)N[C@@H](Cc1ccc(OS(=O)(=O)O)cc1)C(=O)O. The van der Waals surface area contributed by atoms with Crippen LogP contribution in [0.5, 0.6) is 5.75 Å². The molecule has 1 aromatic rings. The lowest BCUT2D eigenvalue weighted by atomic mass is 10.1. The minimum Gasteiger partial charge on any atom is -0.480 e. The molecule has 0 spiro atoms. The van der Waals surface area contributed by atoms with Crippen molar-refractivity contribution in [3.8, 4) is 5.75 Å². The number of carbonyl (C=O) groups excluding carboxylic acids is 1. The normalized spacial score (nSPS) is 12.2. The number of nitrogens with one attached hydrogen (secondary N) is 1. The fourth-order valence-corrected chi connectivity index (χ4v) is 2.09. The molecule has 0 radical (unpaired) electrons. The molecule has 1 aromatic carbocycles. The van der Waals surface area contributed by atoms with Gasteiger partial charge in [-0.3, -0.25) is 4.55 Å². The zero-order chi connectivity index (χ0) is 18.2. The minimum absolute atomic E-state index is 0.0373. The van der Waals surface area contributed by atoms with Crippen molar-refractivity contribution < 1.29 is 36.6 Å². The van der Waals surface area contributed by atoms with Crippen molar-refractivity contribution in [2.75, 3.05) is 6.61 Å². The van der Waals surface area contributed by atoms with Crippen molar-refractivity contribution in [1.82, 2.24) is 5.32 Å². The number of unbranched alkanes of at least 4 members (excludes halogenated alkanes) is 1. The number of carboxylic acid groups (broad SMARTS) is 1. The van der Waals surface area contributed by atoms with Gasteiger partial charge in [-0.05, 0) is 24.1 Å². The molecular formula is C14H19NO8S. The van der Waals surface area contributed by atoms with Gasteiger partial charge in [-0.15, -0.1) is 0 Å². The second-order valence-electron chi connectivity index (χ2n) is 4.88. The van der Waals surface area contributed by atoms with Crippen LogP contribution >= 0.6 is 0 Å². The van der Waals surface area contributed by atoms with E-state index in [0.717, 1.165) is 6.42 Å². The van der Waals surface area contributed by atoms with Gasteiger partial charge in [0, 0.05) is 6.42 Å². The number of hydrogen-bond acceptors (Lipinski definition) is 6. The molecule has 1 amide bonds. The highest BCUT2D eigenvalue weighted by Crippen LogP contribution is 2.15. The predicted octanol–water partition coefficient (Wildman–Crippen LogP) is 1.39. The lowest BCUT2D eigenvalue weighted by Crippen LogP contribution is -2.42. The van der Waals surface area contributed by atoms with Gasteiger partial charge in [0.15, 0.2) is 0 Å². The maximum atomic E-state index is 11.5. The van der Waals surface area contributed by atoms with Crippen LogP contribution < -0.4 is 9.50 Å². The number of rotatable bonds is 9. The van der Waals surface area contributed by atoms with Gasteiger partial charge in [-0.2, -0.15) is 8.42 Å². The predicted molar refractivity (Wildman–Crippen MR) is 83.1 cm³/mol. The minimum atomic E-state index is -4.62. The molecule has 0 saturated carbocycles. The standard InChI is InChI=1S/C14H19NO8S/c1-2-3-8-22-14(18)15-12(13(16)17)9-10-4-6-11(7-5-10)23-24(19,20)21/h4-7,12H,2-3,8-9H2,1H3,(H,15,18)(H,16,17)(H,19,20,21)/t12-/m0/s1. The fourth-order valence-electron chi connectivity index (χ4n) is 1.73. The number of benzene rings is 1. The quantitative estimate of drug-likeness (QED) is 0.443. The molecule has 0 aromatic heterocycles. The molecule has 0 fully saturated rings. The molecule has 0 saturated heterocycles. The van der Waals surface area contributed by atoms with Gasteiger partial charge in [0.2, 0.25) is 0 Å². The van der Waals surface area contributed by atoms with Crippen molar-refractivity contribution in [3.63, 3.8) is 0 Å². The number of aliphatic carboxylic acids is 1.